The second-order valence-corrected chi connectivity index (χ2v) is 7.25. The molecule has 3 aliphatic rings. The molecule has 2 saturated carbocycles. The Morgan fingerprint density at radius 2 is 2.00 bits per heavy atom. The lowest BCUT2D eigenvalue weighted by Gasteiger charge is -2.44. The molecule has 120 valence electrons. The molecule has 3 fully saturated rings. The van der Waals surface area contributed by atoms with Crippen molar-refractivity contribution in [3.05, 3.63) is 0 Å². The zero-order valence-corrected chi connectivity index (χ0v) is 13.7. The van der Waals surface area contributed by atoms with Crippen LogP contribution in [0.3, 0.4) is 0 Å². The van der Waals surface area contributed by atoms with Gasteiger partial charge in [-0.2, -0.15) is 0 Å². The summed E-state index contributed by atoms with van der Waals surface area (Å²) in [6.07, 6.45) is 8.91. The lowest BCUT2D eigenvalue weighted by atomic mass is 9.86. The molecule has 0 aromatic carbocycles. The minimum atomic E-state index is 0.0298. The lowest BCUT2D eigenvalue weighted by Crippen LogP contribution is -2.54. The van der Waals surface area contributed by atoms with Crippen molar-refractivity contribution in [2.75, 3.05) is 7.11 Å². The molecule has 3 unspecified atom stereocenters. The van der Waals surface area contributed by atoms with Crippen molar-refractivity contribution in [2.45, 2.75) is 83.1 Å². The highest BCUT2D eigenvalue weighted by Crippen LogP contribution is 2.38. The number of nitrogens with one attached hydrogen (secondary N) is 1. The molecule has 4 nitrogen and oxygen atoms in total. The Bertz CT molecular complexity index is 375. The van der Waals surface area contributed by atoms with Crippen LogP contribution >= 0.6 is 0 Å². The molecule has 4 heteroatoms. The van der Waals surface area contributed by atoms with Gasteiger partial charge in [0.2, 0.25) is 5.91 Å². The normalized spacial score (nSPS) is 38.8. The molecule has 1 aliphatic heterocycles. The molecule has 1 heterocycles. The van der Waals surface area contributed by atoms with Crippen LogP contribution in [0.25, 0.3) is 0 Å². The van der Waals surface area contributed by atoms with Gasteiger partial charge < -0.3 is 9.64 Å². The molecule has 0 spiro atoms. The van der Waals surface area contributed by atoms with Gasteiger partial charge in [-0.15, -0.1) is 0 Å². The van der Waals surface area contributed by atoms with Gasteiger partial charge >= 0.3 is 0 Å². The van der Waals surface area contributed by atoms with Crippen LogP contribution in [0.2, 0.25) is 0 Å². The lowest BCUT2D eigenvalue weighted by molar-refractivity contribution is -0.139. The van der Waals surface area contributed by atoms with Crippen LogP contribution in [0.5, 0.6) is 0 Å². The van der Waals surface area contributed by atoms with Crippen LogP contribution in [0.4, 0.5) is 0 Å². The van der Waals surface area contributed by atoms with Crippen LogP contribution < -0.4 is 5.32 Å². The van der Waals surface area contributed by atoms with Crippen LogP contribution in [0.15, 0.2) is 0 Å². The van der Waals surface area contributed by atoms with E-state index >= 15 is 0 Å². The summed E-state index contributed by atoms with van der Waals surface area (Å²) in [4.78, 5) is 15.1. The highest BCUT2D eigenvalue weighted by molar-refractivity contribution is 5.85. The van der Waals surface area contributed by atoms with Gasteiger partial charge in [0.15, 0.2) is 0 Å². The smallest absolute Gasteiger partial charge is 0.241 e. The highest BCUT2D eigenvalue weighted by atomic mass is 16.5. The average molecular weight is 294 g/mol. The molecule has 2 aliphatic carbocycles. The fourth-order valence-electron chi connectivity index (χ4n) is 4.28. The summed E-state index contributed by atoms with van der Waals surface area (Å²) >= 11 is 0. The molecule has 0 radical (unpaired) electrons. The van der Waals surface area contributed by atoms with E-state index in [9.17, 15) is 4.79 Å². The van der Waals surface area contributed by atoms with E-state index in [1.165, 1.54) is 25.7 Å². The monoisotopic (exact) mass is 294 g/mol. The Balaban J connectivity index is 1.74. The highest BCUT2D eigenvalue weighted by Gasteiger charge is 2.50. The van der Waals surface area contributed by atoms with Crippen molar-refractivity contribution in [2.24, 2.45) is 11.8 Å². The minimum absolute atomic E-state index is 0.0298. The summed E-state index contributed by atoms with van der Waals surface area (Å²) in [6, 6.07) is 0.428. The predicted octanol–water partition coefficient (Wildman–Crippen LogP) is 2.53. The number of ether oxygens (including phenoxy) is 1. The average Bonchev–Trinajstić information content (AvgIpc) is 3.06. The summed E-state index contributed by atoms with van der Waals surface area (Å²) in [5.74, 6) is 1.43. The van der Waals surface area contributed by atoms with Gasteiger partial charge in [0.05, 0.1) is 18.3 Å². The van der Waals surface area contributed by atoms with Gasteiger partial charge in [-0.3, -0.25) is 10.1 Å². The Morgan fingerprint density at radius 3 is 2.57 bits per heavy atom. The van der Waals surface area contributed by atoms with Crippen LogP contribution in [0.1, 0.15) is 58.8 Å². The molecule has 1 amide bonds. The first-order chi connectivity index (χ1) is 10.2. The zero-order valence-electron chi connectivity index (χ0n) is 13.7. The van der Waals surface area contributed by atoms with Crippen molar-refractivity contribution >= 4 is 5.91 Å². The van der Waals surface area contributed by atoms with Crippen LogP contribution in [-0.2, 0) is 9.53 Å². The number of rotatable bonds is 5. The maximum atomic E-state index is 12.9. The molecule has 0 aromatic heterocycles. The van der Waals surface area contributed by atoms with E-state index in [2.05, 4.69) is 24.1 Å². The predicted molar refractivity (Wildman–Crippen MR) is 82.8 cm³/mol. The van der Waals surface area contributed by atoms with E-state index in [0.717, 1.165) is 19.3 Å². The third kappa shape index (κ3) is 2.72. The van der Waals surface area contributed by atoms with E-state index in [-0.39, 0.29) is 12.2 Å². The minimum Gasteiger partial charge on any atom is -0.381 e. The topological polar surface area (TPSA) is 41.6 Å². The molecule has 0 bridgehead atoms. The maximum Gasteiger partial charge on any atom is 0.241 e. The molecular weight excluding hydrogens is 264 g/mol. The summed E-state index contributed by atoms with van der Waals surface area (Å²) in [6.45, 7) is 4.38. The Labute approximate surface area is 128 Å². The largest absolute Gasteiger partial charge is 0.381 e. The fourth-order valence-corrected chi connectivity index (χ4v) is 4.28. The van der Waals surface area contributed by atoms with Crippen molar-refractivity contribution in [3.8, 4) is 0 Å². The van der Waals surface area contributed by atoms with Gasteiger partial charge in [-0.1, -0.05) is 33.1 Å². The molecular formula is C17H30N2O2. The third-order valence-corrected chi connectivity index (χ3v) is 6.03. The number of amides is 1. The Kier molecular flexibility index (Phi) is 4.55. The molecule has 21 heavy (non-hydrogen) atoms. The van der Waals surface area contributed by atoms with Gasteiger partial charge in [-0.05, 0) is 37.5 Å². The summed E-state index contributed by atoms with van der Waals surface area (Å²) in [5.41, 5.74) is 0. The molecule has 3 atom stereocenters. The first-order valence-corrected chi connectivity index (χ1v) is 8.76. The van der Waals surface area contributed by atoms with Crippen molar-refractivity contribution < 1.29 is 9.53 Å². The summed E-state index contributed by atoms with van der Waals surface area (Å²) in [7, 11) is 1.78. The number of methoxy groups -OCH3 is 1. The van der Waals surface area contributed by atoms with Gasteiger partial charge in [0, 0.05) is 13.2 Å². The number of carbonyl (C=O) groups is 1. The van der Waals surface area contributed by atoms with Crippen molar-refractivity contribution in [1.82, 2.24) is 10.2 Å². The molecule has 1 saturated heterocycles. The maximum absolute atomic E-state index is 12.9. The number of carbonyl (C=O) groups excluding carboxylic acids is 1. The first kappa shape index (κ1) is 15.3. The second kappa shape index (κ2) is 6.25. The van der Waals surface area contributed by atoms with Gasteiger partial charge in [0.1, 0.15) is 0 Å². The van der Waals surface area contributed by atoms with Crippen molar-refractivity contribution in [3.63, 3.8) is 0 Å². The first-order valence-electron chi connectivity index (χ1n) is 8.76. The Hall–Kier alpha value is -0.610. The van der Waals surface area contributed by atoms with E-state index < -0.39 is 0 Å². The van der Waals surface area contributed by atoms with Gasteiger partial charge in [-0.25, -0.2) is 0 Å². The third-order valence-electron chi connectivity index (χ3n) is 6.03. The van der Waals surface area contributed by atoms with E-state index in [0.29, 0.717) is 29.9 Å². The Morgan fingerprint density at radius 1 is 1.33 bits per heavy atom. The summed E-state index contributed by atoms with van der Waals surface area (Å²) in [5, 5.41) is 3.70. The van der Waals surface area contributed by atoms with E-state index in [1.807, 2.05) is 0 Å². The second-order valence-electron chi connectivity index (χ2n) is 7.25. The number of nitrogens with zero attached hydrogens (tertiary/aromatic N) is 1. The van der Waals surface area contributed by atoms with Crippen LogP contribution in [0, 0.1) is 11.8 Å². The molecule has 3 rings (SSSR count). The standard InChI is InChI=1S/C17H30N2O2/c1-4-11(2)15-17(20)19(13-9-14(10-13)21-3)16(18-15)12-7-5-6-8-12/h11-16,18H,4-10H2,1-3H3. The van der Waals surface area contributed by atoms with E-state index in [1.54, 1.807) is 7.11 Å². The number of hydrogen-bond acceptors (Lipinski definition) is 3. The fraction of sp³-hybridized carbons (Fsp3) is 0.941. The number of hydrogen-bond donors (Lipinski definition) is 1. The quantitative estimate of drug-likeness (QED) is 0.847. The molecule has 1 N–H and O–H groups in total. The van der Waals surface area contributed by atoms with Crippen LogP contribution in [-0.4, -0.2) is 42.3 Å². The van der Waals surface area contributed by atoms with Gasteiger partial charge in [0.25, 0.3) is 0 Å². The SMILES string of the molecule is CCC(C)C1NC(C2CCCC2)N(C2CC(OC)C2)C1=O. The zero-order chi connectivity index (χ0) is 15.0. The molecule has 0 aromatic rings. The van der Waals surface area contributed by atoms with E-state index in [4.69, 9.17) is 4.74 Å². The summed E-state index contributed by atoms with van der Waals surface area (Å²) < 4.78 is 5.41. The van der Waals surface area contributed by atoms with Crippen molar-refractivity contribution in [1.29, 1.82) is 0 Å².